The van der Waals surface area contributed by atoms with Crippen molar-refractivity contribution in [1.82, 2.24) is 19.8 Å². The first-order valence-electron chi connectivity index (χ1n) is 11.5. The molecule has 1 aromatic heterocycles. The SMILES string of the molecule is Cc1ccc(S(=O)(=O)NCCc2nnc(NC(=O)C3CCN(C(=O)c4cccc(F)c4)CC3)s2)cc1. The number of nitrogens with one attached hydrogen (secondary N) is 2. The van der Waals surface area contributed by atoms with Crippen molar-refractivity contribution in [1.29, 1.82) is 0 Å². The van der Waals surface area contributed by atoms with E-state index in [2.05, 4.69) is 20.2 Å². The topological polar surface area (TPSA) is 121 Å². The van der Waals surface area contributed by atoms with Crippen molar-refractivity contribution >= 4 is 38.3 Å². The van der Waals surface area contributed by atoms with Crippen LogP contribution in [0.25, 0.3) is 0 Å². The summed E-state index contributed by atoms with van der Waals surface area (Å²) in [5, 5.41) is 11.7. The van der Waals surface area contributed by atoms with Gasteiger partial charge >= 0.3 is 0 Å². The molecular weight excluding hydrogens is 505 g/mol. The van der Waals surface area contributed by atoms with Crippen LogP contribution in [0.15, 0.2) is 53.4 Å². The largest absolute Gasteiger partial charge is 0.339 e. The molecule has 1 aliphatic heterocycles. The number of likely N-dealkylation sites (tertiary alicyclic amines) is 1. The minimum absolute atomic E-state index is 0.149. The van der Waals surface area contributed by atoms with Gasteiger partial charge in [-0.1, -0.05) is 35.1 Å². The minimum atomic E-state index is -3.61. The Hall–Kier alpha value is -3.22. The Morgan fingerprint density at radius 2 is 1.83 bits per heavy atom. The monoisotopic (exact) mass is 531 g/mol. The Morgan fingerprint density at radius 3 is 2.53 bits per heavy atom. The van der Waals surface area contributed by atoms with Crippen LogP contribution in [0.1, 0.15) is 33.8 Å². The van der Waals surface area contributed by atoms with Crippen LogP contribution in [0.2, 0.25) is 0 Å². The third-order valence-corrected chi connectivity index (χ3v) is 8.26. The lowest BCUT2D eigenvalue weighted by molar-refractivity contribution is -0.121. The van der Waals surface area contributed by atoms with E-state index in [0.717, 1.165) is 5.56 Å². The van der Waals surface area contributed by atoms with Gasteiger partial charge in [-0.05, 0) is 50.1 Å². The smallest absolute Gasteiger partial charge is 0.253 e. The summed E-state index contributed by atoms with van der Waals surface area (Å²) in [6.07, 6.45) is 1.30. The van der Waals surface area contributed by atoms with Crippen LogP contribution in [0.4, 0.5) is 9.52 Å². The molecule has 3 aromatic rings. The zero-order chi connectivity index (χ0) is 25.7. The molecule has 1 aliphatic rings. The van der Waals surface area contributed by atoms with Gasteiger partial charge < -0.3 is 10.2 Å². The van der Waals surface area contributed by atoms with E-state index in [-0.39, 0.29) is 29.2 Å². The molecule has 190 valence electrons. The number of carbonyl (C=O) groups excluding carboxylic acids is 2. The van der Waals surface area contributed by atoms with E-state index in [9.17, 15) is 22.4 Å². The van der Waals surface area contributed by atoms with E-state index in [1.54, 1.807) is 35.2 Å². The highest BCUT2D eigenvalue weighted by molar-refractivity contribution is 7.89. The van der Waals surface area contributed by atoms with Crippen LogP contribution in [-0.4, -0.2) is 55.0 Å². The number of amides is 2. The Labute approximate surface area is 212 Å². The molecule has 2 aromatic carbocycles. The molecule has 0 unspecified atom stereocenters. The molecule has 0 atom stereocenters. The zero-order valence-electron chi connectivity index (χ0n) is 19.6. The van der Waals surface area contributed by atoms with Crippen LogP contribution in [-0.2, 0) is 21.2 Å². The maximum absolute atomic E-state index is 13.4. The van der Waals surface area contributed by atoms with Gasteiger partial charge in [-0.15, -0.1) is 10.2 Å². The van der Waals surface area contributed by atoms with Crippen molar-refractivity contribution in [2.24, 2.45) is 5.92 Å². The van der Waals surface area contributed by atoms with E-state index in [1.165, 1.54) is 29.5 Å². The first-order chi connectivity index (χ1) is 17.2. The van der Waals surface area contributed by atoms with Crippen LogP contribution < -0.4 is 10.0 Å². The quantitative estimate of drug-likeness (QED) is 0.461. The number of rotatable bonds is 8. The van der Waals surface area contributed by atoms with Crippen molar-refractivity contribution in [2.75, 3.05) is 25.0 Å². The summed E-state index contributed by atoms with van der Waals surface area (Å²) >= 11 is 1.19. The molecule has 0 saturated carbocycles. The summed E-state index contributed by atoms with van der Waals surface area (Å²) in [5.74, 6) is -1.19. The van der Waals surface area contributed by atoms with Crippen LogP contribution >= 0.6 is 11.3 Å². The van der Waals surface area contributed by atoms with Gasteiger partial charge in [-0.2, -0.15) is 0 Å². The summed E-state index contributed by atoms with van der Waals surface area (Å²) in [7, 11) is -3.61. The molecule has 2 heterocycles. The molecule has 0 bridgehead atoms. The lowest BCUT2D eigenvalue weighted by atomic mass is 9.95. The van der Waals surface area contributed by atoms with Gasteiger partial charge in [0.2, 0.25) is 21.1 Å². The van der Waals surface area contributed by atoms with E-state index in [4.69, 9.17) is 0 Å². The molecule has 0 spiro atoms. The number of hydrogen-bond donors (Lipinski definition) is 2. The number of benzene rings is 2. The third-order valence-electron chi connectivity index (χ3n) is 5.88. The van der Waals surface area contributed by atoms with Gasteiger partial charge in [0, 0.05) is 37.5 Å². The summed E-state index contributed by atoms with van der Waals surface area (Å²) in [6.45, 7) is 2.83. The van der Waals surface area contributed by atoms with E-state index in [0.29, 0.717) is 48.1 Å². The fourth-order valence-corrected chi connectivity index (χ4v) is 5.63. The third kappa shape index (κ3) is 6.50. The summed E-state index contributed by atoms with van der Waals surface area (Å²) in [6, 6.07) is 12.2. The van der Waals surface area contributed by atoms with E-state index >= 15 is 0 Å². The first-order valence-corrected chi connectivity index (χ1v) is 13.8. The van der Waals surface area contributed by atoms with E-state index in [1.807, 2.05) is 6.92 Å². The summed E-state index contributed by atoms with van der Waals surface area (Å²) in [4.78, 5) is 27.1. The molecule has 2 N–H and O–H groups in total. The average molecular weight is 532 g/mol. The first kappa shape index (κ1) is 25.9. The Balaban J connectivity index is 1.23. The number of carbonyl (C=O) groups is 2. The summed E-state index contributed by atoms with van der Waals surface area (Å²) in [5.41, 5.74) is 1.26. The van der Waals surface area contributed by atoms with Gasteiger partial charge in [0.1, 0.15) is 10.8 Å². The zero-order valence-corrected chi connectivity index (χ0v) is 21.2. The predicted octanol–water partition coefficient (Wildman–Crippen LogP) is 3.00. The Morgan fingerprint density at radius 1 is 1.11 bits per heavy atom. The van der Waals surface area contributed by atoms with Crippen LogP contribution in [0, 0.1) is 18.7 Å². The van der Waals surface area contributed by atoms with Crippen molar-refractivity contribution in [3.63, 3.8) is 0 Å². The highest BCUT2D eigenvalue weighted by atomic mass is 32.2. The number of aryl methyl sites for hydroxylation is 1. The molecule has 2 amide bonds. The normalized spacial score (nSPS) is 14.6. The number of anilines is 1. The van der Waals surface area contributed by atoms with Gasteiger partial charge in [-0.25, -0.2) is 17.5 Å². The van der Waals surface area contributed by atoms with Gasteiger partial charge in [-0.3, -0.25) is 9.59 Å². The van der Waals surface area contributed by atoms with Gasteiger partial charge in [0.15, 0.2) is 0 Å². The fourth-order valence-electron chi connectivity index (χ4n) is 3.85. The fraction of sp³-hybridized carbons (Fsp3) is 0.333. The van der Waals surface area contributed by atoms with Gasteiger partial charge in [0.25, 0.3) is 5.91 Å². The summed E-state index contributed by atoms with van der Waals surface area (Å²) < 4.78 is 40.7. The molecule has 12 heteroatoms. The molecule has 0 aliphatic carbocycles. The van der Waals surface area contributed by atoms with Crippen LogP contribution in [0.3, 0.4) is 0 Å². The molecule has 1 saturated heterocycles. The molecular formula is C24H26FN5O4S2. The molecule has 0 radical (unpaired) electrons. The van der Waals surface area contributed by atoms with Crippen molar-refractivity contribution in [2.45, 2.75) is 31.1 Å². The maximum Gasteiger partial charge on any atom is 0.253 e. The predicted molar refractivity (Wildman–Crippen MR) is 134 cm³/mol. The van der Waals surface area contributed by atoms with Gasteiger partial charge in [0.05, 0.1) is 4.90 Å². The lowest BCUT2D eigenvalue weighted by Gasteiger charge is -2.31. The van der Waals surface area contributed by atoms with Crippen molar-refractivity contribution < 1.29 is 22.4 Å². The van der Waals surface area contributed by atoms with Crippen molar-refractivity contribution in [3.05, 3.63) is 70.5 Å². The van der Waals surface area contributed by atoms with Crippen LogP contribution in [0.5, 0.6) is 0 Å². The maximum atomic E-state index is 13.4. The lowest BCUT2D eigenvalue weighted by Crippen LogP contribution is -2.41. The number of sulfonamides is 1. The molecule has 4 rings (SSSR count). The van der Waals surface area contributed by atoms with E-state index < -0.39 is 15.8 Å². The Bertz CT molecular complexity index is 1340. The Kier molecular flexibility index (Phi) is 8.07. The molecule has 1 fully saturated rings. The minimum Gasteiger partial charge on any atom is -0.339 e. The highest BCUT2D eigenvalue weighted by Gasteiger charge is 2.28. The second-order valence-corrected chi connectivity index (χ2v) is 11.4. The highest BCUT2D eigenvalue weighted by Crippen LogP contribution is 2.23. The molecule has 9 nitrogen and oxygen atoms in total. The second-order valence-electron chi connectivity index (χ2n) is 8.53. The number of piperidine rings is 1. The number of aromatic nitrogens is 2. The average Bonchev–Trinajstić information content (AvgIpc) is 3.30. The number of hydrogen-bond acceptors (Lipinski definition) is 7. The molecule has 36 heavy (non-hydrogen) atoms. The van der Waals surface area contributed by atoms with Crippen molar-refractivity contribution in [3.8, 4) is 0 Å². The second kappa shape index (κ2) is 11.2. The number of nitrogens with zero attached hydrogens (tertiary/aromatic N) is 3. The standard InChI is InChI=1S/C24H26FN5O4S2/c1-16-5-7-20(8-6-16)36(33,34)26-12-9-21-28-29-24(35-21)27-22(31)17-10-13-30(14-11-17)23(32)18-3-2-4-19(25)15-18/h2-8,15,17,26H,9-14H2,1H3,(H,27,29,31). The number of halogens is 1.